The van der Waals surface area contributed by atoms with E-state index in [2.05, 4.69) is 31.0 Å². The first-order valence-corrected chi connectivity index (χ1v) is 6.74. The van der Waals surface area contributed by atoms with Crippen molar-refractivity contribution in [2.24, 2.45) is 5.92 Å². The second kappa shape index (κ2) is 5.48. The number of hydrogen-bond donors (Lipinski definition) is 1. The lowest BCUT2D eigenvalue weighted by atomic mass is 9.94. The maximum atomic E-state index is 5.76. The molecule has 0 amide bonds. The fourth-order valence-corrected chi connectivity index (χ4v) is 3.10. The van der Waals surface area contributed by atoms with Crippen molar-refractivity contribution < 1.29 is 4.74 Å². The Morgan fingerprint density at radius 2 is 1.88 bits per heavy atom. The van der Waals surface area contributed by atoms with Gasteiger partial charge in [-0.25, -0.2) is 0 Å². The summed E-state index contributed by atoms with van der Waals surface area (Å²) in [5, 5.41) is 3.64. The van der Waals surface area contributed by atoms with Gasteiger partial charge in [-0.3, -0.25) is 4.90 Å². The summed E-state index contributed by atoms with van der Waals surface area (Å²) in [6, 6.07) is 0.696. The van der Waals surface area contributed by atoms with Gasteiger partial charge >= 0.3 is 0 Å². The average molecular weight is 226 g/mol. The number of rotatable bonds is 2. The first kappa shape index (κ1) is 12.3. The van der Waals surface area contributed by atoms with E-state index in [1.54, 1.807) is 0 Å². The number of nitrogens with zero attached hydrogens (tertiary/aromatic N) is 1. The highest BCUT2D eigenvalue weighted by Crippen LogP contribution is 2.17. The molecule has 1 N–H and O–H groups in total. The van der Waals surface area contributed by atoms with Crippen LogP contribution >= 0.6 is 0 Å². The van der Waals surface area contributed by atoms with E-state index in [9.17, 15) is 0 Å². The second-order valence-electron chi connectivity index (χ2n) is 5.76. The molecule has 0 bridgehead atoms. The molecule has 0 aromatic carbocycles. The minimum absolute atomic E-state index is 0.393. The summed E-state index contributed by atoms with van der Waals surface area (Å²) >= 11 is 0. The summed E-state index contributed by atoms with van der Waals surface area (Å²) in [5.41, 5.74) is 0. The number of piperidine rings is 1. The highest BCUT2D eigenvalue weighted by molar-refractivity contribution is 4.82. The van der Waals surface area contributed by atoms with E-state index in [-0.39, 0.29) is 0 Å². The maximum absolute atomic E-state index is 5.76. The van der Waals surface area contributed by atoms with Crippen LogP contribution in [0.25, 0.3) is 0 Å². The van der Waals surface area contributed by atoms with Gasteiger partial charge in [0.05, 0.1) is 12.2 Å². The van der Waals surface area contributed by atoms with Crippen LogP contribution in [0.3, 0.4) is 0 Å². The predicted molar refractivity (Wildman–Crippen MR) is 66.6 cm³/mol. The molecular formula is C13H26N2O. The van der Waals surface area contributed by atoms with Crippen LogP contribution in [0.1, 0.15) is 33.6 Å². The van der Waals surface area contributed by atoms with Crippen molar-refractivity contribution in [3.8, 4) is 0 Å². The van der Waals surface area contributed by atoms with Gasteiger partial charge in [-0.2, -0.15) is 0 Å². The lowest BCUT2D eigenvalue weighted by Crippen LogP contribution is -2.52. The van der Waals surface area contributed by atoms with Crippen LogP contribution in [-0.4, -0.2) is 49.3 Å². The van der Waals surface area contributed by atoms with Gasteiger partial charge in [0, 0.05) is 25.7 Å². The molecule has 3 nitrogen and oxygen atoms in total. The Morgan fingerprint density at radius 3 is 2.50 bits per heavy atom. The third kappa shape index (κ3) is 3.44. The van der Waals surface area contributed by atoms with Crippen molar-refractivity contribution in [1.29, 1.82) is 0 Å². The lowest BCUT2D eigenvalue weighted by Gasteiger charge is -2.39. The highest BCUT2D eigenvalue weighted by atomic mass is 16.5. The van der Waals surface area contributed by atoms with E-state index in [0.717, 1.165) is 19.0 Å². The Balaban J connectivity index is 1.79. The minimum Gasteiger partial charge on any atom is -0.373 e. The van der Waals surface area contributed by atoms with Gasteiger partial charge in [0.1, 0.15) is 0 Å². The summed E-state index contributed by atoms with van der Waals surface area (Å²) in [6.45, 7) is 11.3. The van der Waals surface area contributed by atoms with Crippen LogP contribution in [0.4, 0.5) is 0 Å². The molecule has 94 valence electrons. The highest BCUT2D eigenvalue weighted by Gasteiger charge is 2.26. The molecule has 0 saturated carbocycles. The van der Waals surface area contributed by atoms with Crippen molar-refractivity contribution in [3.63, 3.8) is 0 Å². The number of morpholine rings is 1. The number of ether oxygens (including phenoxy) is 1. The van der Waals surface area contributed by atoms with Gasteiger partial charge in [-0.1, -0.05) is 6.92 Å². The Labute approximate surface area is 99.5 Å². The Morgan fingerprint density at radius 1 is 1.19 bits per heavy atom. The van der Waals surface area contributed by atoms with Crippen LogP contribution in [0.15, 0.2) is 0 Å². The molecule has 2 fully saturated rings. The SMILES string of the molecule is CC1CCNC(CN2CC(C)OC(C)C2)C1. The molecular weight excluding hydrogens is 200 g/mol. The van der Waals surface area contributed by atoms with Crippen molar-refractivity contribution >= 4 is 0 Å². The minimum atomic E-state index is 0.393. The van der Waals surface area contributed by atoms with E-state index < -0.39 is 0 Å². The average Bonchev–Trinajstić information content (AvgIpc) is 2.15. The molecule has 0 spiro atoms. The molecule has 2 aliphatic rings. The quantitative estimate of drug-likeness (QED) is 0.772. The predicted octanol–water partition coefficient (Wildman–Crippen LogP) is 1.48. The van der Waals surface area contributed by atoms with Crippen molar-refractivity contribution in [2.75, 3.05) is 26.2 Å². The van der Waals surface area contributed by atoms with Gasteiger partial charge in [-0.15, -0.1) is 0 Å². The zero-order valence-electron chi connectivity index (χ0n) is 10.9. The molecule has 0 aromatic rings. The normalized spacial score (nSPS) is 42.2. The standard InChI is InChI=1S/C13H26N2O/c1-10-4-5-14-13(6-10)9-15-7-11(2)16-12(3)8-15/h10-14H,4-9H2,1-3H3. The zero-order chi connectivity index (χ0) is 11.5. The third-order valence-electron chi connectivity index (χ3n) is 3.73. The molecule has 2 saturated heterocycles. The molecule has 4 atom stereocenters. The maximum Gasteiger partial charge on any atom is 0.0678 e. The molecule has 2 heterocycles. The van der Waals surface area contributed by atoms with Gasteiger partial charge in [0.15, 0.2) is 0 Å². The Bertz CT molecular complexity index is 212. The summed E-state index contributed by atoms with van der Waals surface area (Å²) < 4.78 is 5.76. The van der Waals surface area contributed by atoms with Gasteiger partial charge in [0.2, 0.25) is 0 Å². The Hall–Kier alpha value is -0.120. The topological polar surface area (TPSA) is 24.5 Å². The van der Waals surface area contributed by atoms with Gasteiger partial charge < -0.3 is 10.1 Å². The smallest absolute Gasteiger partial charge is 0.0678 e. The first-order chi connectivity index (χ1) is 7.63. The van der Waals surface area contributed by atoms with E-state index in [1.807, 2.05) is 0 Å². The molecule has 16 heavy (non-hydrogen) atoms. The summed E-state index contributed by atoms with van der Waals surface area (Å²) in [5.74, 6) is 0.891. The molecule has 3 heteroatoms. The first-order valence-electron chi connectivity index (χ1n) is 6.74. The fourth-order valence-electron chi connectivity index (χ4n) is 3.10. The lowest BCUT2D eigenvalue weighted by molar-refractivity contribution is -0.0707. The molecule has 2 rings (SSSR count). The molecule has 4 unspecified atom stereocenters. The largest absolute Gasteiger partial charge is 0.373 e. The fraction of sp³-hybridized carbons (Fsp3) is 1.00. The zero-order valence-corrected chi connectivity index (χ0v) is 10.9. The van der Waals surface area contributed by atoms with Crippen LogP contribution in [-0.2, 0) is 4.74 Å². The van der Waals surface area contributed by atoms with Crippen molar-refractivity contribution in [3.05, 3.63) is 0 Å². The van der Waals surface area contributed by atoms with E-state index in [1.165, 1.54) is 25.9 Å². The summed E-state index contributed by atoms with van der Waals surface area (Å²) in [6.07, 6.45) is 3.46. The monoisotopic (exact) mass is 226 g/mol. The van der Waals surface area contributed by atoms with Crippen molar-refractivity contribution in [1.82, 2.24) is 10.2 Å². The molecule has 2 aliphatic heterocycles. The van der Waals surface area contributed by atoms with E-state index in [0.29, 0.717) is 18.2 Å². The van der Waals surface area contributed by atoms with Crippen molar-refractivity contribution in [2.45, 2.75) is 51.9 Å². The summed E-state index contributed by atoms with van der Waals surface area (Å²) in [4.78, 5) is 2.56. The third-order valence-corrected chi connectivity index (χ3v) is 3.73. The van der Waals surface area contributed by atoms with Crippen LogP contribution < -0.4 is 5.32 Å². The number of hydrogen-bond acceptors (Lipinski definition) is 3. The summed E-state index contributed by atoms with van der Waals surface area (Å²) in [7, 11) is 0. The van der Waals surface area contributed by atoms with Gasteiger partial charge in [-0.05, 0) is 39.2 Å². The Kier molecular flexibility index (Phi) is 4.22. The van der Waals surface area contributed by atoms with Gasteiger partial charge in [0.25, 0.3) is 0 Å². The van der Waals surface area contributed by atoms with Crippen LogP contribution in [0, 0.1) is 5.92 Å². The molecule has 0 aromatic heterocycles. The van der Waals surface area contributed by atoms with Crippen LogP contribution in [0.5, 0.6) is 0 Å². The number of nitrogens with one attached hydrogen (secondary N) is 1. The van der Waals surface area contributed by atoms with E-state index >= 15 is 0 Å². The second-order valence-corrected chi connectivity index (χ2v) is 5.76. The molecule has 0 aliphatic carbocycles. The molecule has 0 radical (unpaired) electrons. The van der Waals surface area contributed by atoms with Crippen LogP contribution in [0.2, 0.25) is 0 Å². The van der Waals surface area contributed by atoms with E-state index in [4.69, 9.17) is 4.74 Å².